The number of halogens is 1. The molecular weight excluding hydrogens is 411 g/mol. The third kappa shape index (κ3) is 3.81. The molecule has 0 unspecified atom stereocenters. The molecule has 1 amide bonds. The zero-order valence-corrected chi connectivity index (χ0v) is 17.1. The predicted molar refractivity (Wildman–Crippen MR) is 114 cm³/mol. The summed E-state index contributed by atoms with van der Waals surface area (Å²) in [6.07, 6.45) is 1.72. The second-order valence-corrected chi connectivity index (χ2v) is 8.01. The van der Waals surface area contributed by atoms with Crippen molar-refractivity contribution < 1.29 is 9.18 Å². The molecule has 7 nitrogen and oxygen atoms in total. The molecule has 0 radical (unpaired) electrons. The number of nitrogens with two attached hydrogens (primary N) is 1. The Bertz CT molecular complexity index is 1190. The summed E-state index contributed by atoms with van der Waals surface area (Å²) in [5.74, 6) is -0.0720. The highest BCUT2D eigenvalue weighted by atomic mass is 32.2. The van der Waals surface area contributed by atoms with Gasteiger partial charge < -0.3 is 15.6 Å². The van der Waals surface area contributed by atoms with Crippen LogP contribution < -0.4 is 11.1 Å². The smallest absolute Gasteiger partial charge is 0.234 e. The van der Waals surface area contributed by atoms with Crippen LogP contribution in [0, 0.1) is 5.82 Å². The quantitative estimate of drug-likeness (QED) is 0.450. The molecule has 4 aromatic rings. The average molecular weight is 429 g/mol. The summed E-state index contributed by atoms with van der Waals surface area (Å²) in [5, 5.41) is 12.6. The first-order valence-corrected chi connectivity index (χ1v) is 10.6. The molecule has 0 aliphatic carbocycles. The minimum Gasteiger partial charge on any atom is -0.397 e. The number of carbonyl (C=O) groups is 1. The number of aromatic nitrogens is 4. The number of hydrogen-bond donors (Lipinski definition) is 2. The van der Waals surface area contributed by atoms with Crippen LogP contribution in [0.2, 0.25) is 0 Å². The van der Waals surface area contributed by atoms with Crippen LogP contribution in [-0.2, 0) is 11.3 Å². The number of rotatable bonds is 6. The van der Waals surface area contributed by atoms with Crippen molar-refractivity contribution in [3.05, 3.63) is 48.4 Å². The number of thiophene rings is 1. The van der Waals surface area contributed by atoms with E-state index in [-0.39, 0.29) is 17.3 Å². The highest BCUT2D eigenvalue weighted by molar-refractivity contribution is 7.99. The number of carbonyl (C=O) groups excluding carboxylic acids is 1. The van der Waals surface area contributed by atoms with Crippen LogP contribution >= 0.6 is 23.1 Å². The lowest BCUT2D eigenvalue weighted by Gasteiger charge is -2.08. The first-order chi connectivity index (χ1) is 14.1. The molecule has 29 heavy (non-hydrogen) atoms. The van der Waals surface area contributed by atoms with Crippen molar-refractivity contribution in [3.63, 3.8) is 0 Å². The molecule has 0 aliphatic rings. The summed E-state index contributed by atoms with van der Waals surface area (Å²) < 4.78 is 15.6. The number of hydrogen-bond acceptors (Lipinski definition) is 7. The molecule has 10 heteroatoms. The molecular formula is C19H17FN6OS2. The Morgan fingerprint density at radius 3 is 2.86 bits per heavy atom. The number of amides is 1. The molecule has 3 N–H and O–H groups in total. The molecule has 0 bridgehead atoms. The highest BCUT2D eigenvalue weighted by Gasteiger charge is 2.20. The first-order valence-electron chi connectivity index (χ1n) is 8.82. The van der Waals surface area contributed by atoms with Crippen molar-refractivity contribution in [3.8, 4) is 10.7 Å². The third-order valence-corrected chi connectivity index (χ3v) is 6.31. The van der Waals surface area contributed by atoms with Gasteiger partial charge in [0.1, 0.15) is 10.6 Å². The maximum Gasteiger partial charge on any atom is 0.234 e. The van der Waals surface area contributed by atoms with Crippen LogP contribution in [0.3, 0.4) is 0 Å². The summed E-state index contributed by atoms with van der Waals surface area (Å²) in [6, 6.07) is 9.81. The van der Waals surface area contributed by atoms with Crippen molar-refractivity contribution >= 4 is 50.6 Å². The van der Waals surface area contributed by atoms with Crippen LogP contribution in [0.4, 0.5) is 15.8 Å². The van der Waals surface area contributed by atoms with Gasteiger partial charge >= 0.3 is 0 Å². The van der Waals surface area contributed by atoms with Crippen molar-refractivity contribution in [1.29, 1.82) is 0 Å². The predicted octanol–water partition coefficient (Wildman–Crippen LogP) is 4.03. The normalized spacial score (nSPS) is 11.1. The van der Waals surface area contributed by atoms with Crippen LogP contribution in [0.15, 0.2) is 47.8 Å². The molecule has 148 valence electrons. The van der Waals surface area contributed by atoms with E-state index in [4.69, 9.17) is 5.73 Å². The van der Waals surface area contributed by atoms with Crippen LogP contribution in [0.1, 0.15) is 6.92 Å². The maximum absolute atomic E-state index is 13.7. The van der Waals surface area contributed by atoms with Gasteiger partial charge in [-0.15, -0.1) is 21.5 Å². The van der Waals surface area contributed by atoms with E-state index in [0.717, 1.165) is 15.1 Å². The minimum absolute atomic E-state index is 0.0793. The Labute approximate surface area is 174 Å². The van der Waals surface area contributed by atoms with Crippen LogP contribution in [-0.4, -0.2) is 31.4 Å². The number of nitrogens with one attached hydrogen (secondary N) is 1. The van der Waals surface area contributed by atoms with E-state index in [1.165, 1.54) is 35.2 Å². The summed E-state index contributed by atoms with van der Waals surface area (Å²) in [5.41, 5.74) is 7.08. The maximum atomic E-state index is 13.7. The van der Waals surface area contributed by atoms with Gasteiger partial charge in [-0.2, -0.15) is 0 Å². The van der Waals surface area contributed by atoms with Crippen LogP contribution in [0.5, 0.6) is 0 Å². The van der Waals surface area contributed by atoms with Crippen molar-refractivity contribution in [1.82, 2.24) is 19.7 Å². The monoisotopic (exact) mass is 428 g/mol. The largest absolute Gasteiger partial charge is 0.397 e. The molecule has 0 saturated heterocycles. The number of para-hydroxylation sites is 1. The van der Waals surface area contributed by atoms with Crippen molar-refractivity contribution in [2.24, 2.45) is 0 Å². The summed E-state index contributed by atoms with van der Waals surface area (Å²) >= 11 is 2.69. The Kier molecular flexibility index (Phi) is 5.45. The number of thioether (sulfide) groups is 1. The molecule has 3 aromatic heterocycles. The second-order valence-electron chi connectivity index (χ2n) is 6.07. The lowest BCUT2D eigenvalue weighted by Crippen LogP contribution is -2.15. The standard InChI is InChI=1S/C19H17FN6OS2/c1-2-26-17(16-15(21)11-6-5-9-22-18(11)29-16)24-25-19(26)28-10-14(27)23-13-8-4-3-7-12(13)20/h3-9H,2,10,21H2,1H3,(H,23,27). The molecule has 0 atom stereocenters. The van der Waals surface area contributed by atoms with E-state index < -0.39 is 5.82 Å². The van der Waals surface area contributed by atoms with E-state index >= 15 is 0 Å². The van der Waals surface area contributed by atoms with Gasteiger partial charge in [0.25, 0.3) is 0 Å². The Hall–Kier alpha value is -2.98. The summed E-state index contributed by atoms with van der Waals surface area (Å²) in [6.45, 7) is 2.58. The fourth-order valence-corrected chi connectivity index (χ4v) is 4.70. The molecule has 0 saturated carbocycles. The fraction of sp³-hybridized carbons (Fsp3) is 0.158. The zero-order chi connectivity index (χ0) is 20.4. The minimum atomic E-state index is -0.473. The van der Waals surface area contributed by atoms with E-state index in [9.17, 15) is 9.18 Å². The van der Waals surface area contributed by atoms with Gasteiger partial charge in [-0.3, -0.25) is 4.79 Å². The van der Waals surface area contributed by atoms with Gasteiger partial charge in [0.2, 0.25) is 5.91 Å². The van der Waals surface area contributed by atoms with Gasteiger partial charge in [-0.1, -0.05) is 23.9 Å². The van der Waals surface area contributed by atoms with Crippen molar-refractivity contribution in [2.45, 2.75) is 18.6 Å². The van der Waals surface area contributed by atoms with E-state index in [0.29, 0.717) is 23.2 Å². The molecule has 0 spiro atoms. The van der Waals surface area contributed by atoms with Gasteiger partial charge in [-0.25, -0.2) is 9.37 Å². The second kappa shape index (κ2) is 8.18. The summed E-state index contributed by atoms with van der Waals surface area (Å²) in [7, 11) is 0. The lowest BCUT2D eigenvalue weighted by molar-refractivity contribution is -0.113. The van der Waals surface area contributed by atoms with Crippen molar-refractivity contribution in [2.75, 3.05) is 16.8 Å². The van der Waals surface area contributed by atoms with Crippen LogP contribution in [0.25, 0.3) is 20.9 Å². The lowest BCUT2D eigenvalue weighted by atomic mass is 10.2. The van der Waals surface area contributed by atoms with E-state index in [1.54, 1.807) is 18.3 Å². The fourth-order valence-electron chi connectivity index (χ4n) is 2.84. The van der Waals surface area contributed by atoms with E-state index in [2.05, 4.69) is 20.5 Å². The summed E-state index contributed by atoms with van der Waals surface area (Å²) in [4.78, 5) is 18.2. The number of pyridine rings is 1. The number of nitrogen functional groups attached to an aromatic ring is 1. The molecule has 0 aliphatic heterocycles. The molecule has 1 aromatic carbocycles. The third-order valence-electron chi connectivity index (χ3n) is 4.22. The Morgan fingerprint density at radius 2 is 2.10 bits per heavy atom. The number of fused-ring (bicyclic) bond motifs is 1. The number of anilines is 2. The average Bonchev–Trinajstić information content (AvgIpc) is 3.29. The first kappa shape index (κ1) is 19.3. The molecule has 0 fully saturated rings. The van der Waals surface area contributed by atoms with Gasteiger partial charge in [0, 0.05) is 18.1 Å². The highest BCUT2D eigenvalue weighted by Crippen LogP contribution is 2.39. The number of benzene rings is 1. The van der Waals surface area contributed by atoms with Gasteiger partial charge in [0.15, 0.2) is 11.0 Å². The SMILES string of the molecule is CCn1c(SCC(=O)Nc2ccccc2F)nnc1-c1sc2ncccc2c1N. The van der Waals surface area contributed by atoms with E-state index in [1.807, 2.05) is 23.6 Å². The Morgan fingerprint density at radius 1 is 1.28 bits per heavy atom. The molecule has 3 heterocycles. The number of nitrogens with zero attached hydrogens (tertiary/aromatic N) is 4. The zero-order valence-electron chi connectivity index (χ0n) is 15.4. The topological polar surface area (TPSA) is 98.7 Å². The molecule has 4 rings (SSSR count). The van der Waals surface area contributed by atoms with Gasteiger partial charge in [-0.05, 0) is 31.2 Å². The Balaban J connectivity index is 1.54. The van der Waals surface area contributed by atoms with Gasteiger partial charge in [0.05, 0.1) is 22.0 Å².